The van der Waals surface area contributed by atoms with Crippen LogP contribution in [0.1, 0.15) is 18.4 Å². The lowest BCUT2D eigenvalue weighted by Gasteiger charge is -1.99. The Bertz CT molecular complexity index is 394. The molecule has 0 N–H and O–H groups in total. The molecule has 0 atom stereocenters. The van der Waals surface area contributed by atoms with Crippen LogP contribution in [-0.4, -0.2) is 5.71 Å². The molecule has 1 aliphatic carbocycles. The summed E-state index contributed by atoms with van der Waals surface area (Å²) in [5.74, 6) is 0.686. The van der Waals surface area contributed by atoms with Crippen LogP contribution in [-0.2, 0) is 0 Å². The highest BCUT2D eigenvalue weighted by Crippen LogP contribution is 2.38. The monoisotopic (exact) mass is 235 g/mol. The second kappa shape index (κ2) is 2.58. The predicted octanol–water partition coefficient (Wildman–Crippen LogP) is 2.81. The van der Waals surface area contributed by atoms with Crippen LogP contribution in [0.3, 0.4) is 0 Å². The van der Waals surface area contributed by atoms with E-state index in [1.165, 1.54) is 24.1 Å². The lowest BCUT2D eigenvalue weighted by atomic mass is 10.1. The maximum Gasteiger partial charge on any atom is 0.0959 e. The van der Waals surface area contributed by atoms with Gasteiger partial charge in [0.25, 0.3) is 0 Å². The molecular formula is C10H8BrN2. The van der Waals surface area contributed by atoms with Gasteiger partial charge in [-0.25, -0.2) is 0 Å². The summed E-state index contributed by atoms with van der Waals surface area (Å²) in [7, 11) is 0. The highest BCUT2D eigenvalue weighted by molar-refractivity contribution is 9.10. The second-order valence-electron chi connectivity index (χ2n) is 3.52. The predicted molar refractivity (Wildman–Crippen MR) is 55.2 cm³/mol. The first kappa shape index (κ1) is 7.56. The minimum absolute atomic E-state index is 0.686. The molecule has 2 nitrogen and oxygen atoms in total. The molecular weight excluding hydrogens is 228 g/mol. The van der Waals surface area contributed by atoms with Crippen molar-refractivity contribution in [1.29, 1.82) is 0 Å². The van der Waals surface area contributed by atoms with Gasteiger partial charge in [0.05, 0.1) is 11.4 Å². The second-order valence-corrected chi connectivity index (χ2v) is 4.44. The lowest BCUT2D eigenvalue weighted by Crippen LogP contribution is -1.98. The van der Waals surface area contributed by atoms with Crippen molar-refractivity contribution in [2.24, 2.45) is 11.0 Å². The molecule has 3 rings (SSSR count). The van der Waals surface area contributed by atoms with E-state index in [0.29, 0.717) is 5.92 Å². The topological polar surface area (TPSA) is 26.5 Å². The van der Waals surface area contributed by atoms with E-state index in [-0.39, 0.29) is 0 Å². The van der Waals surface area contributed by atoms with Crippen molar-refractivity contribution in [1.82, 2.24) is 5.43 Å². The van der Waals surface area contributed by atoms with E-state index in [9.17, 15) is 0 Å². The van der Waals surface area contributed by atoms with Crippen LogP contribution in [0.5, 0.6) is 0 Å². The molecule has 0 spiro atoms. The summed E-state index contributed by atoms with van der Waals surface area (Å²) >= 11 is 3.43. The quantitative estimate of drug-likeness (QED) is 0.716. The van der Waals surface area contributed by atoms with Crippen LogP contribution in [0.15, 0.2) is 27.8 Å². The highest BCUT2D eigenvalue weighted by Gasteiger charge is 2.32. The first-order valence-corrected chi connectivity index (χ1v) is 5.22. The van der Waals surface area contributed by atoms with Crippen molar-refractivity contribution >= 4 is 27.3 Å². The summed E-state index contributed by atoms with van der Waals surface area (Å²) in [4.78, 5) is 0. The SMILES string of the molecule is Brc1ccc2c(c1)[N]N=C2C1CC1. The molecule has 0 aromatic heterocycles. The van der Waals surface area contributed by atoms with Gasteiger partial charge in [0.15, 0.2) is 0 Å². The molecule has 3 heteroatoms. The third-order valence-electron chi connectivity index (χ3n) is 2.47. The summed E-state index contributed by atoms with van der Waals surface area (Å²) in [6, 6.07) is 6.18. The number of hydrogen-bond donors (Lipinski definition) is 0. The molecule has 1 fully saturated rings. The summed E-state index contributed by atoms with van der Waals surface area (Å²) < 4.78 is 1.07. The molecule has 2 aliphatic rings. The number of benzene rings is 1. The molecule has 0 unspecified atom stereocenters. The Morgan fingerprint density at radius 1 is 1.31 bits per heavy atom. The van der Waals surface area contributed by atoms with Crippen molar-refractivity contribution in [2.75, 3.05) is 0 Å². The Hall–Kier alpha value is -0.830. The van der Waals surface area contributed by atoms with Crippen molar-refractivity contribution in [2.45, 2.75) is 12.8 Å². The van der Waals surface area contributed by atoms with Crippen molar-refractivity contribution < 1.29 is 0 Å². The molecule has 0 amide bonds. The van der Waals surface area contributed by atoms with Gasteiger partial charge in [-0.15, -0.1) is 0 Å². The Balaban J connectivity index is 2.07. The standard InChI is InChI=1S/C10H8BrN2/c11-7-3-4-8-9(5-7)12-13-10(8)6-1-2-6/h3-6H,1-2H2. The van der Waals surface area contributed by atoms with Crippen LogP contribution in [0.4, 0.5) is 5.69 Å². The van der Waals surface area contributed by atoms with Crippen LogP contribution in [0, 0.1) is 5.92 Å². The zero-order chi connectivity index (χ0) is 8.84. The maximum atomic E-state index is 4.23. The number of fused-ring (bicyclic) bond motifs is 1. The number of halogens is 1. The van der Waals surface area contributed by atoms with Crippen LogP contribution < -0.4 is 5.43 Å². The van der Waals surface area contributed by atoms with Crippen LogP contribution in [0.25, 0.3) is 0 Å². The normalized spacial score (nSPS) is 19.3. The van der Waals surface area contributed by atoms with E-state index in [1.54, 1.807) is 0 Å². The van der Waals surface area contributed by atoms with Crippen molar-refractivity contribution in [3.8, 4) is 0 Å². The van der Waals surface area contributed by atoms with E-state index in [0.717, 1.165) is 10.2 Å². The van der Waals surface area contributed by atoms with Gasteiger partial charge in [-0.2, -0.15) is 10.5 Å². The molecule has 1 heterocycles. The fourth-order valence-corrected chi connectivity index (χ4v) is 1.97. The summed E-state index contributed by atoms with van der Waals surface area (Å²) in [5, 5.41) is 4.23. The molecule has 0 saturated heterocycles. The number of hydrogen-bond acceptors (Lipinski definition) is 1. The average molecular weight is 236 g/mol. The van der Waals surface area contributed by atoms with Crippen molar-refractivity contribution in [3.05, 3.63) is 28.2 Å². The lowest BCUT2D eigenvalue weighted by molar-refractivity contribution is 0.973. The molecule has 0 bridgehead atoms. The van der Waals surface area contributed by atoms with E-state index in [1.807, 2.05) is 6.07 Å². The van der Waals surface area contributed by atoms with Gasteiger partial charge in [0, 0.05) is 16.0 Å². The Morgan fingerprint density at radius 2 is 2.15 bits per heavy atom. The minimum atomic E-state index is 0.686. The van der Waals surface area contributed by atoms with Gasteiger partial charge in [-0.1, -0.05) is 15.9 Å². The zero-order valence-corrected chi connectivity index (χ0v) is 8.58. The molecule has 1 aliphatic heterocycles. The van der Waals surface area contributed by atoms with Gasteiger partial charge in [0.2, 0.25) is 0 Å². The van der Waals surface area contributed by atoms with Gasteiger partial charge < -0.3 is 0 Å². The molecule has 1 radical (unpaired) electrons. The van der Waals surface area contributed by atoms with Gasteiger partial charge in [0.1, 0.15) is 0 Å². The largest absolute Gasteiger partial charge is 0.154 e. The summed E-state index contributed by atoms with van der Waals surface area (Å²) in [5.41, 5.74) is 7.60. The zero-order valence-electron chi connectivity index (χ0n) is 7.00. The molecule has 1 saturated carbocycles. The van der Waals surface area contributed by atoms with Gasteiger partial charge in [-0.05, 0) is 31.0 Å². The fourth-order valence-electron chi connectivity index (χ4n) is 1.62. The third-order valence-corrected chi connectivity index (χ3v) is 2.96. The van der Waals surface area contributed by atoms with Gasteiger partial charge in [-0.3, -0.25) is 0 Å². The smallest absolute Gasteiger partial charge is 0.0959 e. The molecule has 1 aromatic carbocycles. The van der Waals surface area contributed by atoms with E-state index in [2.05, 4.69) is 38.6 Å². The average Bonchev–Trinajstić information content (AvgIpc) is 2.87. The van der Waals surface area contributed by atoms with Crippen LogP contribution >= 0.6 is 15.9 Å². The number of rotatable bonds is 1. The van der Waals surface area contributed by atoms with Crippen molar-refractivity contribution in [3.63, 3.8) is 0 Å². The fraction of sp³-hybridized carbons (Fsp3) is 0.300. The molecule has 13 heavy (non-hydrogen) atoms. The van der Waals surface area contributed by atoms with E-state index < -0.39 is 0 Å². The van der Waals surface area contributed by atoms with Crippen LogP contribution in [0.2, 0.25) is 0 Å². The highest BCUT2D eigenvalue weighted by atomic mass is 79.9. The minimum Gasteiger partial charge on any atom is -0.154 e. The number of nitrogens with zero attached hydrogens (tertiary/aromatic N) is 2. The summed E-state index contributed by atoms with van der Waals surface area (Å²) in [6.45, 7) is 0. The van der Waals surface area contributed by atoms with E-state index >= 15 is 0 Å². The Morgan fingerprint density at radius 3 is 2.92 bits per heavy atom. The Labute approximate surface area is 85.2 Å². The van der Waals surface area contributed by atoms with Gasteiger partial charge >= 0.3 is 0 Å². The molecule has 1 aromatic rings. The first-order chi connectivity index (χ1) is 6.34. The molecule has 65 valence electrons. The Kier molecular flexibility index (Phi) is 1.50. The summed E-state index contributed by atoms with van der Waals surface area (Å²) in [6.07, 6.45) is 2.56. The van der Waals surface area contributed by atoms with E-state index in [4.69, 9.17) is 0 Å². The maximum absolute atomic E-state index is 4.23. The third kappa shape index (κ3) is 1.18. The first-order valence-electron chi connectivity index (χ1n) is 4.43.